The highest BCUT2D eigenvalue weighted by atomic mass is 32.2. The molecule has 0 saturated carbocycles. The summed E-state index contributed by atoms with van der Waals surface area (Å²) in [6.45, 7) is 3.70. The zero-order valence-corrected chi connectivity index (χ0v) is 14.1. The first kappa shape index (κ1) is 16.3. The van der Waals surface area contributed by atoms with Crippen molar-refractivity contribution >= 4 is 23.4 Å². The molecule has 3 heterocycles. The van der Waals surface area contributed by atoms with Gasteiger partial charge in [0.1, 0.15) is 5.56 Å². The molecule has 0 atom stereocenters. The topological polar surface area (TPSA) is 89.4 Å². The average molecular weight is 344 g/mol. The molecule has 0 aliphatic heterocycles. The summed E-state index contributed by atoms with van der Waals surface area (Å²) in [5.41, 5.74) is 1.44. The molecule has 0 spiro atoms. The SMILES string of the molecule is CCOC(=O)c1c(C)[nH]n2c(=O)cc(CSc3ccccn3)nc12. The van der Waals surface area contributed by atoms with Gasteiger partial charge < -0.3 is 4.74 Å². The van der Waals surface area contributed by atoms with Crippen LogP contribution < -0.4 is 5.56 Å². The molecular formula is C16H16N4O3S. The summed E-state index contributed by atoms with van der Waals surface area (Å²) in [5, 5.41) is 3.70. The molecule has 0 saturated heterocycles. The summed E-state index contributed by atoms with van der Waals surface area (Å²) in [7, 11) is 0. The van der Waals surface area contributed by atoms with Gasteiger partial charge >= 0.3 is 5.97 Å². The molecule has 24 heavy (non-hydrogen) atoms. The monoisotopic (exact) mass is 344 g/mol. The number of rotatable bonds is 5. The summed E-state index contributed by atoms with van der Waals surface area (Å²) in [5.74, 6) is -0.00918. The molecule has 124 valence electrons. The molecule has 3 aromatic rings. The highest BCUT2D eigenvalue weighted by molar-refractivity contribution is 7.98. The van der Waals surface area contributed by atoms with Crippen molar-refractivity contribution in [1.29, 1.82) is 0 Å². The Morgan fingerprint density at radius 1 is 1.42 bits per heavy atom. The number of aryl methyl sites for hydroxylation is 1. The van der Waals surface area contributed by atoms with E-state index in [1.807, 2.05) is 18.2 Å². The molecule has 0 aliphatic carbocycles. The van der Waals surface area contributed by atoms with Crippen LogP contribution in [0.1, 0.15) is 28.7 Å². The van der Waals surface area contributed by atoms with Gasteiger partial charge in [0.25, 0.3) is 5.56 Å². The number of fused-ring (bicyclic) bond motifs is 1. The highest BCUT2D eigenvalue weighted by Gasteiger charge is 2.20. The number of hydrogen-bond donors (Lipinski definition) is 1. The fourth-order valence-electron chi connectivity index (χ4n) is 2.30. The number of thioether (sulfide) groups is 1. The van der Waals surface area contributed by atoms with Crippen LogP contribution in [-0.4, -0.2) is 32.2 Å². The third-order valence-electron chi connectivity index (χ3n) is 3.34. The third kappa shape index (κ3) is 3.18. The van der Waals surface area contributed by atoms with Crippen molar-refractivity contribution in [2.45, 2.75) is 24.6 Å². The highest BCUT2D eigenvalue weighted by Crippen LogP contribution is 2.20. The summed E-state index contributed by atoms with van der Waals surface area (Å²) in [4.78, 5) is 33.1. The number of carbonyl (C=O) groups is 1. The Bertz CT molecular complexity index is 934. The van der Waals surface area contributed by atoms with Crippen molar-refractivity contribution in [2.24, 2.45) is 0 Å². The van der Waals surface area contributed by atoms with Gasteiger partial charge in [0.2, 0.25) is 0 Å². The molecule has 7 nitrogen and oxygen atoms in total. The smallest absolute Gasteiger partial charge is 0.343 e. The van der Waals surface area contributed by atoms with Gasteiger partial charge in [0.15, 0.2) is 5.65 Å². The van der Waals surface area contributed by atoms with E-state index in [2.05, 4.69) is 15.1 Å². The second-order valence-corrected chi connectivity index (χ2v) is 6.03. The average Bonchev–Trinajstić information content (AvgIpc) is 2.91. The van der Waals surface area contributed by atoms with E-state index in [1.165, 1.54) is 22.3 Å². The summed E-state index contributed by atoms with van der Waals surface area (Å²) in [6, 6.07) is 7.08. The van der Waals surface area contributed by atoms with Crippen LogP contribution in [-0.2, 0) is 10.5 Å². The van der Waals surface area contributed by atoms with Crippen molar-refractivity contribution in [1.82, 2.24) is 19.6 Å². The maximum atomic E-state index is 12.3. The molecule has 0 aromatic carbocycles. The van der Waals surface area contributed by atoms with Gasteiger partial charge in [0.05, 0.1) is 17.3 Å². The van der Waals surface area contributed by atoms with Gasteiger partial charge in [-0.1, -0.05) is 6.07 Å². The first-order chi connectivity index (χ1) is 11.6. The fourth-order valence-corrected chi connectivity index (χ4v) is 3.05. The summed E-state index contributed by atoms with van der Waals surface area (Å²) in [6.07, 6.45) is 1.71. The van der Waals surface area contributed by atoms with E-state index in [9.17, 15) is 9.59 Å². The number of ether oxygens (including phenoxy) is 1. The molecular weight excluding hydrogens is 328 g/mol. The summed E-state index contributed by atoms with van der Waals surface area (Å²) >= 11 is 1.47. The molecule has 0 aliphatic rings. The van der Waals surface area contributed by atoms with Gasteiger partial charge in [-0.25, -0.2) is 19.3 Å². The Labute approximate surface area is 142 Å². The first-order valence-electron chi connectivity index (χ1n) is 7.42. The van der Waals surface area contributed by atoms with Gasteiger partial charge in [0, 0.05) is 23.7 Å². The van der Waals surface area contributed by atoms with Crippen LogP contribution in [0.5, 0.6) is 0 Å². The van der Waals surface area contributed by atoms with Gasteiger partial charge in [-0.3, -0.25) is 9.89 Å². The number of esters is 1. The minimum atomic E-state index is -0.491. The lowest BCUT2D eigenvalue weighted by Crippen LogP contribution is -2.16. The normalized spacial score (nSPS) is 10.9. The van der Waals surface area contributed by atoms with Crippen molar-refractivity contribution in [3.63, 3.8) is 0 Å². The number of H-pyrrole nitrogens is 1. The summed E-state index contributed by atoms with van der Waals surface area (Å²) < 4.78 is 6.32. The van der Waals surface area contributed by atoms with E-state index < -0.39 is 5.97 Å². The minimum absolute atomic E-state index is 0.259. The molecule has 0 bridgehead atoms. The van der Waals surface area contributed by atoms with Crippen LogP contribution in [0.25, 0.3) is 5.65 Å². The number of nitrogens with one attached hydrogen (secondary N) is 1. The van der Waals surface area contributed by atoms with Crippen LogP contribution in [0, 0.1) is 6.92 Å². The lowest BCUT2D eigenvalue weighted by Gasteiger charge is -2.03. The van der Waals surface area contributed by atoms with Crippen LogP contribution in [0.15, 0.2) is 40.3 Å². The second kappa shape index (κ2) is 6.88. The van der Waals surface area contributed by atoms with E-state index in [1.54, 1.807) is 20.0 Å². The van der Waals surface area contributed by atoms with Crippen molar-refractivity contribution in [3.8, 4) is 0 Å². The number of aromatic amines is 1. The Morgan fingerprint density at radius 2 is 2.25 bits per heavy atom. The molecule has 0 amide bonds. The zero-order chi connectivity index (χ0) is 17.1. The van der Waals surface area contributed by atoms with E-state index >= 15 is 0 Å². The van der Waals surface area contributed by atoms with E-state index in [-0.39, 0.29) is 17.8 Å². The molecule has 1 N–H and O–H groups in total. The third-order valence-corrected chi connectivity index (χ3v) is 4.31. The lowest BCUT2D eigenvalue weighted by molar-refractivity contribution is 0.0527. The standard InChI is InChI=1S/C16H16N4O3S/c1-3-23-16(22)14-10(2)19-20-13(21)8-11(18-15(14)20)9-24-12-6-4-5-7-17-12/h4-8,19H,3,9H2,1-2H3. The predicted octanol–water partition coefficient (Wildman–Crippen LogP) is 2.20. The largest absolute Gasteiger partial charge is 0.462 e. The van der Waals surface area contributed by atoms with E-state index in [0.29, 0.717) is 22.7 Å². The Balaban J connectivity index is 1.97. The van der Waals surface area contributed by atoms with Crippen molar-refractivity contribution in [2.75, 3.05) is 6.61 Å². The molecule has 0 fully saturated rings. The van der Waals surface area contributed by atoms with Gasteiger partial charge in [-0.2, -0.15) is 0 Å². The maximum Gasteiger partial charge on any atom is 0.343 e. The van der Waals surface area contributed by atoms with Crippen LogP contribution in [0.4, 0.5) is 0 Å². The van der Waals surface area contributed by atoms with Crippen LogP contribution >= 0.6 is 11.8 Å². The molecule has 3 aromatic heterocycles. The van der Waals surface area contributed by atoms with Crippen molar-refractivity contribution in [3.05, 3.63) is 57.8 Å². The zero-order valence-electron chi connectivity index (χ0n) is 13.3. The quantitative estimate of drug-likeness (QED) is 0.564. The van der Waals surface area contributed by atoms with Crippen LogP contribution in [0.2, 0.25) is 0 Å². The van der Waals surface area contributed by atoms with E-state index in [4.69, 9.17) is 4.74 Å². The molecule has 3 rings (SSSR count). The molecule has 0 unspecified atom stereocenters. The Morgan fingerprint density at radius 3 is 2.96 bits per heavy atom. The van der Waals surface area contributed by atoms with E-state index in [0.717, 1.165) is 5.03 Å². The number of carbonyl (C=O) groups excluding carboxylic acids is 1. The molecule has 8 heteroatoms. The Hall–Kier alpha value is -2.61. The predicted molar refractivity (Wildman–Crippen MR) is 90.3 cm³/mol. The second-order valence-electron chi connectivity index (χ2n) is 5.03. The molecule has 0 radical (unpaired) electrons. The van der Waals surface area contributed by atoms with Gasteiger partial charge in [-0.05, 0) is 26.0 Å². The van der Waals surface area contributed by atoms with Crippen LogP contribution in [0.3, 0.4) is 0 Å². The number of hydrogen-bond acceptors (Lipinski definition) is 6. The lowest BCUT2D eigenvalue weighted by atomic mass is 10.2. The van der Waals surface area contributed by atoms with Crippen molar-refractivity contribution < 1.29 is 9.53 Å². The number of nitrogens with zero attached hydrogens (tertiary/aromatic N) is 3. The number of aromatic nitrogens is 4. The number of pyridine rings is 1. The maximum absolute atomic E-state index is 12.3. The Kier molecular flexibility index (Phi) is 4.66. The van der Waals surface area contributed by atoms with Gasteiger partial charge in [-0.15, -0.1) is 11.8 Å². The minimum Gasteiger partial charge on any atom is -0.462 e. The fraction of sp³-hybridized carbons (Fsp3) is 0.250. The first-order valence-corrected chi connectivity index (χ1v) is 8.41.